The molecule has 2 aliphatic rings. The lowest BCUT2D eigenvalue weighted by molar-refractivity contribution is 0.0903. The van der Waals surface area contributed by atoms with Crippen molar-refractivity contribution in [3.63, 3.8) is 0 Å². The predicted octanol–water partition coefficient (Wildman–Crippen LogP) is 3.79. The van der Waals surface area contributed by atoms with Gasteiger partial charge in [0.15, 0.2) is 0 Å². The van der Waals surface area contributed by atoms with Crippen molar-refractivity contribution in [2.24, 2.45) is 0 Å². The van der Waals surface area contributed by atoms with Gasteiger partial charge < -0.3 is 20.3 Å². The summed E-state index contributed by atoms with van der Waals surface area (Å²) in [6.45, 7) is 6.56. The van der Waals surface area contributed by atoms with Crippen molar-refractivity contribution >= 4 is 27.9 Å². The van der Waals surface area contributed by atoms with E-state index in [-0.39, 0.29) is 6.03 Å². The van der Waals surface area contributed by atoms with Crippen molar-refractivity contribution in [3.8, 4) is 0 Å². The molecule has 0 saturated carbocycles. The van der Waals surface area contributed by atoms with E-state index in [0.717, 1.165) is 47.3 Å². The Morgan fingerprint density at radius 3 is 2.72 bits per heavy atom. The summed E-state index contributed by atoms with van der Waals surface area (Å²) >= 11 is 3.43. The Labute approximate surface area is 179 Å². The third-order valence-electron chi connectivity index (χ3n) is 5.67. The molecule has 0 unspecified atom stereocenters. The number of anilines is 1. The van der Waals surface area contributed by atoms with E-state index in [9.17, 15) is 4.79 Å². The molecule has 3 heterocycles. The third-order valence-corrected chi connectivity index (χ3v) is 6.19. The van der Waals surface area contributed by atoms with Crippen LogP contribution in [0.1, 0.15) is 43.5 Å². The Hall–Kier alpha value is -2.19. The monoisotopic (exact) mass is 459 g/mol. The summed E-state index contributed by atoms with van der Waals surface area (Å²) in [5.74, 6) is 0.628. The zero-order valence-electron chi connectivity index (χ0n) is 16.7. The number of halogens is 1. The van der Waals surface area contributed by atoms with E-state index in [4.69, 9.17) is 9.72 Å². The van der Waals surface area contributed by atoms with Gasteiger partial charge in [0, 0.05) is 42.0 Å². The van der Waals surface area contributed by atoms with Gasteiger partial charge in [0.05, 0.1) is 17.8 Å². The third kappa shape index (κ3) is 4.38. The van der Waals surface area contributed by atoms with Crippen molar-refractivity contribution in [1.29, 1.82) is 0 Å². The van der Waals surface area contributed by atoms with Gasteiger partial charge in [-0.05, 0) is 44.4 Å². The van der Waals surface area contributed by atoms with Crippen molar-refractivity contribution in [1.82, 2.24) is 20.2 Å². The highest BCUT2D eigenvalue weighted by Gasteiger charge is 2.41. The Morgan fingerprint density at radius 2 is 2.00 bits per heavy atom. The second-order valence-corrected chi connectivity index (χ2v) is 8.93. The number of benzene rings is 1. The lowest BCUT2D eigenvalue weighted by atomic mass is 9.97. The van der Waals surface area contributed by atoms with Crippen LogP contribution in [-0.2, 0) is 23.4 Å². The topological polar surface area (TPSA) is 79.4 Å². The van der Waals surface area contributed by atoms with Crippen LogP contribution in [0.4, 0.5) is 10.7 Å². The molecule has 0 spiro atoms. The van der Waals surface area contributed by atoms with Crippen LogP contribution >= 0.6 is 15.9 Å². The van der Waals surface area contributed by atoms with Gasteiger partial charge in [-0.15, -0.1) is 0 Å². The van der Waals surface area contributed by atoms with Gasteiger partial charge in [0.25, 0.3) is 0 Å². The van der Waals surface area contributed by atoms with Gasteiger partial charge in [-0.1, -0.05) is 28.1 Å². The molecular formula is C21H26BrN5O2. The number of nitrogens with zero attached hydrogens (tertiary/aromatic N) is 3. The zero-order valence-corrected chi connectivity index (χ0v) is 18.3. The second-order valence-electron chi connectivity index (χ2n) is 8.02. The molecule has 2 N–H and O–H groups in total. The molecule has 0 bridgehead atoms. The van der Waals surface area contributed by atoms with Crippen molar-refractivity contribution in [2.45, 2.75) is 51.4 Å². The fraction of sp³-hybridized carbons (Fsp3) is 0.476. The molecule has 0 atom stereocenters. The number of hydrogen-bond donors (Lipinski definition) is 2. The lowest BCUT2D eigenvalue weighted by Crippen LogP contribution is -2.45. The standard InChI is InChI=1S/C21H26BrN5O2/c1-21(2)17-12-23-19(25-16-7-9-29-10-8-16)26-18(17)13-27(21)20(28)24-11-14-3-5-15(22)6-4-14/h3-6,12,16H,7-11,13H2,1-2H3,(H,24,28)(H,23,25,26). The number of amides is 2. The fourth-order valence-electron chi connectivity index (χ4n) is 3.84. The maximum atomic E-state index is 12.9. The van der Waals surface area contributed by atoms with Crippen LogP contribution in [0, 0.1) is 0 Å². The summed E-state index contributed by atoms with van der Waals surface area (Å²) in [4.78, 5) is 23.9. The average molecular weight is 460 g/mol. The highest BCUT2D eigenvalue weighted by Crippen LogP contribution is 2.37. The van der Waals surface area contributed by atoms with Gasteiger partial charge in [-0.3, -0.25) is 0 Å². The van der Waals surface area contributed by atoms with E-state index in [1.807, 2.05) is 49.2 Å². The smallest absolute Gasteiger partial charge is 0.318 e. The van der Waals surface area contributed by atoms with Crippen LogP contribution in [0.2, 0.25) is 0 Å². The normalized spacial score (nSPS) is 18.4. The van der Waals surface area contributed by atoms with Crippen molar-refractivity contribution in [3.05, 3.63) is 51.8 Å². The van der Waals surface area contributed by atoms with E-state index in [2.05, 4.69) is 31.5 Å². The Balaban J connectivity index is 1.43. The summed E-state index contributed by atoms with van der Waals surface area (Å²) in [5.41, 5.74) is 2.49. The molecule has 4 rings (SSSR count). The maximum absolute atomic E-state index is 12.9. The molecule has 1 fully saturated rings. The molecule has 0 radical (unpaired) electrons. The zero-order chi connectivity index (χ0) is 20.4. The number of ether oxygens (including phenoxy) is 1. The van der Waals surface area contributed by atoms with Crippen LogP contribution in [0.3, 0.4) is 0 Å². The van der Waals surface area contributed by atoms with E-state index in [1.54, 1.807) is 0 Å². The van der Waals surface area contributed by atoms with Crippen LogP contribution in [0.5, 0.6) is 0 Å². The van der Waals surface area contributed by atoms with Crippen LogP contribution in [-0.4, -0.2) is 40.2 Å². The van der Waals surface area contributed by atoms with Gasteiger partial charge in [0.1, 0.15) is 0 Å². The van der Waals surface area contributed by atoms with Gasteiger partial charge >= 0.3 is 6.03 Å². The molecule has 1 aromatic carbocycles. The molecule has 2 aliphatic heterocycles. The molecule has 0 aliphatic carbocycles. The van der Waals surface area contributed by atoms with Crippen LogP contribution in [0.15, 0.2) is 34.9 Å². The van der Waals surface area contributed by atoms with Crippen LogP contribution in [0.25, 0.3) is 0 Å². The number of urea groups is 1. The van der Waals surface area contributed by atoms with E-state index >= 15 is 0 Å². The van der Waals surface area contributed by atoms with E-state index in [0.29, 0.717) is 25.1 Å². The van der Waals surface area contributed by atoms with E-state index in [1.165, 1.54) is 0 Å². The van der Waals surface area contributed by atoms with Gasteiger partial charge in [-0.2, -0.15) is 0 Å². The minimum absolute atomic E-state index is 0.102. The van der Waals surface area contributed by atoms with E-state index < -0.39 is 5.54 Å². The van der Waals surface area contributed by atoms with Crippen LogP contribution < -0.4 is 10.6 Å². The van der Waals surface area contributed by atoms with Gasteiger partial charge in [-0.25, -0.2) is 14.8 Å². The van der Waals surface area contributed by atoms with Gasteiger partial charge in [0.2, 0.25) is 5.95 Å². The molecule has 29 heavy (non-hydrogen) atoms. The number of fused-ring (bicyclic) bond motifs is 1. The number of hydrogen-bond acceptors (Lipinski definition) is 5. The summed E-state index contributed by atoms with van der Waals surface area (Å²) in [6, 6.07) is 8.16. The molecule has 154 valence electrons. The lowest BCUT2D eigenvalue weighted by Gasteiger charge is -2.32. The second kappa shape index (κ2) is 8.28. The largest absolute Gasteiger partial charge is 0.381 e. The van der Waals surface area contributed by atoms with Crippen molar-refractivity contribution in [2.75, 3.05) is 18.5 Å². The minimum atomic E-state index is -0.462. The first-order chi connectivity index (χ1) is 13.9. The molecule has 2 amide bonds. The summed E-state index contributed by atoms with van der Waals surface area (Å²) in [6.07, 6.45) is 3.76. The summed E-state index contributed by atoms with van der Waals surface area (Å²) in [5, 5.41) is 6.43. The number of nitrogens with one attached hydrogen (secondary N) is 2. The molecule has 8 heteroatoms. The average Bonchev–Trinajstić information content (AvgIpc) is 2.98. The molecule has 2 aromatic rings. The quantitative estimate of drug-likeness (QED) is 0.726. The minimum Gasteiger partial charge on any atom is -0.381 e. The molecule has 1 saturated heterocycles. The molecule has 1 aromatic heterocycles. The Kier molecular flexibility index (Phi) is 5.74. The predicted molar refractivity (Wildman–Crippen MR) is 114 cm³/mol. The molecule has 7 nitrogen and oxygen atoms in total. The Morgan fingerprint density at radius 1 is 1.28 bits per heavy atom. The number of carbonyl (C=O) groups is 1. The SMILES string of the molecule is CC1(C)c2cnc(NC3CCOCC3)nc2CN1C(=O)NCc1ccc(Br)cc1. The number of rotatable bonds is 4. The fourth-order valence-corrected chi connectivity index (χ4v) is 4.10. The first-order valence-electron chi connectivity index (χ1n) is 9.94. The summed E-state index contributed by atoms with van der Waals surface area (Å²) in [7, 11) is 0. The highest BCUT2D eigenvalue weighted by atomic mass is 79.9. The number of carbonyl (C=O) groups excluding carboxylic acids is 1. The highest BCUT2D eigenvalue weighted by molar-refractivity contribution is 9.10. The molecular weight excluding hydrogens is 434 g/mol. The Bertz CT molecular complexity index is 881. The van der Waals surface area contributed by atoms with Crippen molar-refractivity contribution < 1.29 is 9.53 Å². The first-order valence-corrected chi connectivity index (χ1v) is 10.7. The summed E-state index contributed by atoms with van der Waals surface area (Å²) < 4.78 is 6.43. The number of aromatic nitrogens is 2. The first kappa shape index (κ1) is 20.1. The maximum Gasteiger partial charge on any atom is 0.318 e.